The van der Waals surface area contributed by atoms with Gasteiger partial charge in [-0.3, -0.25) is 0 Å². The third-order valence-electron chi connectivity index (χ3n) is 7.30. The zero-order valence-electron chi connectivity index (χ0n) is 21.9. The van der Waals surface area contributed by atoms with E-state index in [1.54, 1.807) is 17.1 Å². The minimum Gasteiger partial charge on any atom is -0.313 e. The van der Waals surface area contributed by atoms with Crippen LogP contribution in [0.1, 0.15) is 42.7 Å². The third-order valence-corrected chi connectivity index (χ3v) is 10.3. The number of nitrogens with two attached hydrogens (primary N) is 1. The number of halogens is 2. The maximum absolute atomic E-state index is 13.5. The molecule has 0 aromatic heterocycles. The summed E-state index contributed by atoms with van der Waals surface area (Å²) in [5.41, 5.74) is 8.72. The number of guanidine groups is 1. The van der Waals surface area contributed by atoms with Crippen molar-refractivity contribution in [1.82, 2.24) is 9.73 Å². The Kier molecular flexibility index (Phi) is 8.84. The highest BCUT2D eigenvalue weighted by Gasteiger charge is 2.38. The lowest BCUT2D eigenvalue weighted by atomic mass is 9.90. The van der Waals surface area contributed by atoms with Gasteiger partial charge >= 0.3 is 0 Å². The van der Waals surface area contributed by atoms with Crippen molar-refractivity contribution >= 4 is 56.0 Å². The van der Waals surface area contributed by atoms with Crippen molar-refractivity contribution in [3.8, 4) is 0 Å². The van der Waals surface area contributed by atoms with Crippen LogP contribution in [0.5, 0.6) is 0 Å². The first-order valence-corrected chi connectivity index (χ1v) is 16.3. The fourth-order valence-corrected chi connectivity index (χ4v) is 6.82. The average Bonchev–Trinajstić information content (AvgIpc) is 3.40. The summed E-state index contributed by atoms with van der Waals surface area (Å²) in [7, 11) is -4.05. The highest BCUT2D eigenvalue weighted by atomic mass is 35.5. The molecule has 0 bridgehead atoms. The molecule has 1 aliphatic heterocycles. The van der Waals surface area contributed by atoms with E-state index in [4.69, 9.17) is 39.0 Å². The Hall–Kier alpha value is -2.80. The van der Waals surface area contributed by atoms with Crippen molar-refractivity contribution in [2.45, 2.75) is 47.4 Å². The van der Waals surface area contributed by atoms with E-state index in [2.05, 4.69) is 4.72 Å². The lowest BCUT2D eigenvalue weighted by Gasteiger charge is -2.33. The average molecular weight is 635 g/mol. The van der Waals surface area contributed by atoms with Gasteiger partial charge in [-0.2, -0.15) is 5.10 Å². The molecule has 216 valence electrons. The molecule has 1 aliphatic carbocycles. The van der Waals surface area contributed by atoms with E-state index in [-0.39, 0.29) is 35.7 Å². The standard InChI is InChI=1S/C28H29Cl2N5O4S2/c29-21-8-6-20(7-9-21)26-25(19-4-2-1-3-5-19)18-35(33-26)27(32-23-14-16-28(31,17-15-23)40(36)37)34-41(38,39)24-12-10-22(30)11-13-24/h1-13,23,25H,14-18,31H2,(H,32,34)(H,36,37)/t23?,25-,28?/m0/s1. The Morgan fingerprint density at radius 2 is 1.59 bits per heavy atom. The second-order valence-electron chi connectivity index (χ2n) is 10.1. The van der Waals surface area contributed by atoms with Crippen LogP contribution >= 0.6 is 23.2 Å². The lowest BCUT2D eigenvalue weighted by molar-refractivity contribution is 0.340. The van der Waals surface area contributed by atoms with Crippen LogP contribution in [0.15, 0.2) is 93.9 Å². The number of benzene rings is 3. The van der Waals surface area contributed by atoms with Gasteiger partial charge in [0.2, 0.25) is 5.96 Å². The molecule has 0 radical (unpaired) electrons. The van der Waals surface area contributed by atoms with Crippen LogP contribution < -0.4 is 10.5 Å². The molecule has 4 N–H and O–H groups in total. The van der Waals surface area contributed by atoms with Gasteiger partial charge in [0.25, 0.3) is 10.0 Å². The van der Waals surface area contributed by atoms with Crippen LogP contribution in [0, 0.1) is 0 Å². The number of hydrogen-bond donors (Lipinski definition) is 3. The number of rotatable bonds is 6. The molecule has 0 saturated heterocycles. The Balaban J connectivity index is 1.53. The van der Waals surface area contributed by atoms with Crippen molar-refractivity contribution in [3.63, 3.8) is 0 Å². The molecule has 2 aliphatic rings. The summed E-state index contributed by atoms with van der Waals surface area (Å²) >= 11 is 9.94. The zero-order chi connectivity index (χ0) is 29.2. The molecule has 1 fully saturated rings. The van der Waals surface area contributed by atoms with E-state index in [1.807, 2.05) is 42.5 Å². The SMILES string of the molecule is NC1(S(=O)O)CCC(N=C(NS(=O)(=O)c2ccc(Cl)cc2)N2C[C@@H](c3ccccc3)C(c3ccc(Cl)cc3)=N2)CC1. The maximum atomic E-state index is 13.5. The van der Waals surface area contributed by atoms with Gasteiger partial charge in [-0.15, -0.1) is 0 Å². The van der Waals surface area contributed by atoms with Crippen molar-refractivity contribution < 1.29 is 17.2 Å². The fourth-order valence-electron chi connectivity index (χ4n) is 4.97. The molecule has 13 heteroatoms. The summed E-state index contributed by atoms with van der Waals surface area (Å²) in [6, 6.07) is 22.7. The van der Waals surface area contributed by atoms with Crippen molar-refractivity contribution in [1.29, 1.82) is 0 Å². The van der Waals surface area contributed by atoms with Gasteiger partial charge in [-0.25, -0.2) is 27.4 Å². The van der Waals surface area contributed by atoms with E-state index in [0.29, 0.717) is 29.4 Å². The Bertz CT molecular complexity index is 1580. The molecule has 1 unspecified atom stereocenters. The molecule has 41 heavy (non-hydrogen) atoms. The largest absolute Gasteiger partial charge is 0.313 e. The van der Waals surface area contributed by atoms with Gasteiger partial charge in [0.1, 0.15) is 4.87 Å². The molecular formula is C28H29Cl2N5O4S2. The van der Waals surface area contributed by atoms with Gasteiger partial charge in [-0.1, -0.05) is 65.7 Å². The second kappa shape index (κ2) is 12.2. The molecular weight excluding hydrogens is 605 g/mol. The molecule has 1 heterocycles. The monoisotopic (exact) mass is 633 g/mol. The zero-order valence-corrected chi connectivity index (χ0v) is 25.0. The van der Waals surface area contributed by atoms with Gasteiger partial charge in [-0.05, 0) is 73.2 Å². The molecule has 2 atom stereocenters. The summed E-state index contributed by atoms with van der Waals surface area (Å²) in [6.45, 7) is 0.331. The topological polar surface area (TPSA) is 137 Å². The first-order valence-electron chi connectivity index (χ1n) is 13.0. The summed E-state index contributed by atoms with van der Waals surface area (Å²) in [5.74, 6) is -0.119. The predicted octanol–water partition coefficient (Wildman–Crippen LogP) is 4.95. The Morgan fingerprint density at radius 1 is 1.00 bits per heavy atom. The van der Waals surface area contributed by atoms with Crippen LogP contribution in [0.4, 0.5) is 0 Å². The van der Waals surface area contributed by atoms with Crippen molar-refractivity contribution in [2.24, 2.45) is 15.8 Å². The molecule has 0 spiro atoms. The normalized spacial score (nSPS) is 24.1. The summed E-state index contributed by atoms with van der Waals surface area (Å²) in [6.07, 6.45) is 1.37. The van der Waals surface area contributed by atoms with Gasteiger partial charge in [0, 0.05) is 16.0 Å². The van der Waals surface area contributed by atoms with E-state index in [0.717, 1.165) is 16.8 Å². The van der Waals surface area contributed by atoms with E-state index >= 15 is 0 Å². The van der Waals surface area contributed by atoms with Crippen molar-refractivity contribution in [2.75, 3.05) is 6.54 Å². The number of nitrogens with one attached hydrogen (secondary N) is 1. The Morgan fingerprint density at radius 3 is 2.17 bits per heavy atom. The Labute approximate surface area is 251 Å². The minimum absolute atomic E-state index is 0.0237. The number of aliphatic imine (C=N–C) groups is 1. The molecule has 9 nitrogen and oxygen atoms in total. The first kappa shape index (κ1) is 29.7. The summed E-state index contributed by atoms with van der Waals surface area (Å²) in [4.78, 5) is 3.62. The molecule has 3 aromatic carbocycles. The molecule has 1 saturated carbocycles. The van der Waals surface area contributed by atoms with E-state index in [9.17, 15) is 17.2 Å². The lowest BCUT2D eigenvalue weighted by Crippen LogP contribution is -2.48. The summed E-state index contributed by atoms with van der Waals surface area (Å²) < 4.78 is 51.0. The van der Waals surface area contributed by atoms with Crippen LogP contribution in [0.25, 0.3) is 0 Å². The maximum Gasteiger partial charge on any atom is 0.264 e. The third kappa shape index (κ3) is 6.82. The van der Waals surface area contributed by atoms with Crippen molar-refractivity contribution in [3.05, 3.63) is 100 Å². The predicted molar refractivity (Wildman–Crippen MR) is 163 cm³/mol. The van der Waals surface area contributed by atoms with Crippen LogP contribution in [-0.4, -0.2) is 51.3 Å². The number of hydrazone groups is 1. The van der Waals surface area contributed by atoms with Gasteiger partial charge in [0.15, 0.2) is 11.1 Å². The highest BCUT2D eigenvalue weighted by Crippen LogP contribution is 2.32. The molecule has 3 aromatic rings. The van der Waals surface area contributed by atoms with E-state index in [1.165, 1.54) is 24.3 Å². The highest BCUT2D eigenvalue weighted by molar-refractivity contribution is 7.90. The van der Waals surface area contributed by atoms with Crippen LogP contribution in [0.3, 0.4) is 0 Å². The summed E-state index contributed by atoms with van der Waals surface area (Å²) in [5, 5.41) is 7.45. The van der Waals surface area contributed by atoms with Gasteiger partial charge < -0.3 is 10.3 Å². The second-order valence-corrected chi connectivity index (χ2v) is 14.0. The molecule has 0 amide bonds. The smallest absolute Gasteiger partial charge is 0.264 e. The number of hydrogen-bond acceptors (Lipinski definition) is 6. The quantitative estimate of drug-likeness (QED) is 0.199. The van der Waals surface area contributed by atoms with Crippen LogP contribution in [-0.2, 0) is 21.1 Å². The van der Waals surface area contributed by atoms with E-state index < -0.39 is 26.0 Å². The number of nitrogens with zero attached hydrogens (tertiary/aromatic N) is 3. The molecule has 5 rings (SSSR count). The van der Waals surface area contributed by atoms with Crippen LogP contribution in [0.2, 0.25) is 10.0 Å². The fraction of sp³-hybridized carbons (Fsp3) is 0.286. The van der Waals surface area contributed by atoms with Gasteiger partial charge in [0.05, 0.1) is 23.2 Å². The first-order chi connectivity index (χ1) is 19.5. The number of sulfonamides is 1. The minimum atomic E-state index is -4.05.